The second-order valence-electron chi connectivity index (χ2n) is 9.95. The number of hydrogen-bond donors (Lipinski definition) is 1. The second-order valence-corrected chi connectivity index (χ2v) is 13.5. The van der Waals surface area contributed by atoms with Gasteiger partial charge in [0.05, 0.1) is 11.9 Å². The number of aryl methyl sites for hydroxylation is 1. The molecular formula is C30H34BrCl2N3O4S. The molecule has 7 nitrogen and oxygen atoms in total. The Kier molecular flexibility index (Phi) is 11.7. The molecule has 0 unspecified atom stereocenters. The summed E-state index contributed by atoms with van der Waals surface area (Å²) in [7, 11) is -3.88. The fourth-order valence-electron chi connectivity index (χ4n) is 4.25. The number of halogens is 3. The number of benzene rings is 3. The number of carbonyl (C=O) groups excluding carboxylic acids is 2. The van der Waals surface area contributed by atoms with E-state index in [1.165, 1.54) is 4.90 Å². The van der Waals surface area contributed by atoms with Crippen LogP contribution in [0.1, 0.15) is 37.0 Å². The number of rotatable bonds is 12. The summed E-state index contributed by atoms with van der Waals surface area (Å²) in [6, 6.07) is 18.3. The van der Waals surface area contributed by atoms with Gasteiger partial charge in [0.25, 0.3) is 0 Å². The predicted octanol–water partition coefficient (Wildman–Crippen LogP) is 6.39. The molecule has 0 aliphatic rings. The molecule has 0 saturated carbocycles. The molecule has 0 fully saturated rings. The van der Waals surface area contributed by atoms with E-state index in [4.69, 9.17) is 23.2 Å². The van der Waals surface area contributed by atoms with Gasteiger partial charge >= 0.3 is 0 Å². The summed E-state index contributed by atoms with van der Waals surface area (Å²) in [6.45, 7) is 5.05. The van der Waals surface area contributed by atoms with Gasteiger partial charge in [0, 0.05) is 39.1 Å². The molecule has 0 saturated heterocycles. The zero-order valence-electron chi connectivity index (χ0n) is 23.4. The molecule has 3 rings (SSSR count). The highest BCUT2D eigenvalue weighted by atomic mass is 79.9. The van der Waals surface area contributed by atoms with Crippen LogP contribution in [0.3, 0.4) is 0 Å². The van der Waals surface area contributed by atoms with Crippen LogP contribution < -0.4 is 9.62 Å². The van der Waals surface area contributed by atoms with Gasteiger partial charge in [-0.15, -0.1) is 0 Å². The van der Waals surface area contributed by atoms with Gasteiger partial charge in [-0.2, -0.15) is 0 Å². The molecule has 1 N–H and O–H groups in total. The van der Waals surface area contributed by atoms with E-state index < -0.39 is 28.5 Å². The molecule has 3 aromatic carbocycles. The third-order valence-electron chi connectivity index (χ3n) is 6.77. The Balaban J connectivity index is 2.12. The molecule has 2 amide bonds. The molecule has 2 atom stereocenters. The second kappa shape index (κ2) is 14.5. The predicted molar refractivity (Wildman–Crippen MR) is 170 cm³/mol. The van der Waals surface area contributed by atoms with Crippen molar-refractivity contribution in [3.8, 4) is 0 Å². The normalized spacial score (nSPS) is 12.9. The number of amides is 2. The summed E-state index contributed by atoms with van der Waals surface area (Å²) < 4.78 is 27.8. The Bertz CT molecular complexity index is 1470. The standard InChI is InChI=1S/C30H34BrCl2N3O4S/c1-5-21(3)34-30(38)28(17-22-10-7-6-8-11-22)35(18-24-26(32)12-9-13-27(24)33)29(37)19-36(41(4,39)40)23-14-15-25(31)20(2)16-23/h6-16,21,28H,5,17-19H2,1-4H3,(H,34,38)/t21-,28+/m0/s1. The lowest BCUT2D eigenvalue weighted by Gasteiger charge is -2.34. The topological polar surface area (TPSA) is 86.8 Å². The first kappa shape index (κ1) is 32.9. The lowest BCUT2D eigenvalue weighted by Crippen LogP contribution is -2.54. The lowest BCUT2D eigenvalue weighted by molar-refractivity contribution is -0.140. The Labute approximate surface area is 261 Å². The van der Waals surface area contributed by atoms with Crippen molar-refractivity contribution in [2.75, 3.05) is 17.1 Å². The average Bonchev–Trinajstić information content (AvgIpc) is 2.92. The number of nitrogens with one attached hydrogen (secondary N) is 1. The minimum absolute atomic E-state index is 0.0975. The molecule has 0 aliphatic carbocycles. The van der Waals surface area contributed by atoms with Crippen molar-refractivity contribution >= 4 is 66.7 Å². The number of nitrogens with zero attached hydrogens (tertiary/aromatic N) is 2. The maximum absolute atomic E-state index is 14.2. The van der Waals surface area contributed by atoms with Crippen molar-refractivity contribution in [1.29, 1.82) is 0 Å². The van der Waals surface area contributed by atoms with Crippen LogP contribution in [-0.2, 0) is 32.6 Å². The van der Waals surface area contributed by atoms with E-state index in [1.54, 1.807) is 36.4 Å². The monoisotopic (exact) mass is 681 g/mol. The van der Waals surface area contributed by atoms with E-state index in [9.17, 15) is 18.0 Å². The minimum Gasteiger partial charge on any atom is -0.352 e. The largest absolute Gasteiger partial charge is 0.352 e. The van der Waals surface area contributed by atoms with Gasteiger partial charge in [0.15, 0.2) is 0 Å². The molecule has 11 heteroatoms. The summed E-state index contributed by atoms with van der Waals surface area (Å²) in [5.41, 5.74) is 2.44. The fraction of sp³-hybridized carbons (Fsp3) is 0.333. The molecule has 0 bridgehead atoms. The first-order valence-electron chi connectivity index (χ1n) is 13.1. The third kappa shape index (κ3) is 8.95. The molecule has 0 spiro atoms. The van der Waals surface area contributed by atoms with Gasteiger partial charge in [-0.05, 0) is 61.7 Å². The summed E-state index contributed by atoms with van der Waals surface area (Å²) in [5.74, 6) is -0.933. The SMILES string of the molecule is CC[C@H](C)NC(=O)[C@@H](Cc1ccccc1)N(Cc1c(Cl)cccc1Cl)C(=O)CN(c1ccc(Br)c(C)c1)S(C)(=O)=O. The van der Waals surface area contributed by atoms with Gasteiger partial charge in [-0.1, -0.05) is 82.5 Å². The van der Waals surface area contributed by atoms with E-state index in [1.807, 2.05) is 51.1 Å². The van der Waals surface area contributed by atoms with Crippen LogP contribution in [0.2, 0.25) is 10.0 Å². The highest BCUT2D eigenvalue weighted by Crippen LogP contribution is 2.29. The maximum atomic E-state index is 14.2. The molecule has 3 aromatic rings. The smallest absolute Gasteiger partial charge is 0.244 e. The highest BCUT2D eigenvalue weighted by molar-refractivity contribution is 9.10. The third-order valence-corrected chi connectivity index (χ3v) is 9.51. The van der Waals surface area contributed by atoms with Gasteiger partial charge in [-0.3, -0.25) is 13.9 Å². The zero-order valence-corrected chi connectivity index (χ0v) is 27.3. The van der Waals surface area contributed by atoms with Crippen LogP contribution in [0.15, 0.2) is 71.2 Å². The summed E-state index contributed by atoms with van der Waals surface area (Å²) in [5, 5.41) is 3.66. The average molecular weight is 683 g/mol. The quantitative estimate of drug-likeness (QED) is 0.240. The fourth-order valence-corrected chi connectivity index (χ4v) is 5.85. The van der Waals surface area contributed by atoms with Crippen molar-refractivity contribution in [2.45, 2.75) is 52.2 Å². The zero-order chi connectivity index (χ0) is 30.3. The Morgan fingerprint density at radius 1 is 1.00 bits per heavy atom. The van der Waals surface area contributed by atoms with Crippen LogP contribution in [-0.4, -0.2) is 50.0 Å². The first-order valence-corrected chi connectivity index (χ1v) is 16.5. The number of sulfonamides is 1. The van der Waals surface area contributed by atoms with Crippen molar-refractivity contribution in [1.82, 2.24) is 10.2 Å². The number of carbonyl (C=O) groups is 2. The van der Waals surface area contributed by atoms with Crippen molar-refractivity contribution in [3.05, 3.63) is 97.9 Å². The Hall–Kier alpha value is -2.59. The summed E-state index contributed by atoms with van der Waals surface area (Å²) >= 11 is 16.4. The summed E-state index contributed by atoms with van der Waals surface area (Å²) in [6.07, 6.45) is 1.94. The van der Waals surface area contributed by atoms with Crippen molar-refractivity contribution in [3.63, 3.8) is 0 Å². The Morgan fingerprint density at radius 3 is 2.20 bits per heavy atom. The van der Waals surface area contributed by atoms with E-state index >= 15 is 0 Å². The van der Waals surface area contributed by atoms with Crippen LogP contribution in [0.4, 0.5) is 5.69 Å². The van der Waals surface area contributed by atoms with Crippen molar-refractivity contribution in [2.24, 2.45) is 0 Å². The highest BCUT2D eigenvalue weighted by Gasteiger charge is 2.34. The van der Waals surface area contributed by atoms with Crippen molar-refractivity contribution < 1.29 is 18.0 Å². The first-order chi connectivity index (χ1) is 19.3. The summed E-state index contributed by atoms with van der Waals surface area (Å²) in [4.78, 5) is 29.3. The molecule has 0 heterocycles. The number of hydrogen-bond acceptors (Lipinski definition) is 4. The van der Waals surface area contributed by atoms with Gasteiger partial charge in [-0.25, -0.2) is 8.42 Å². The van der Waals surface area contributed by atoms with E-state index in [2.05, 4.69) is 21.2 Å². The van der Waals surface area contributed by atoms with Crippen LogP contribution in [0.25, 0.3) is 0 Å². The maximum Gasteiger partial charge on any atom is 0.244 e. The van der Waals surface area contributed by atoms with Crippen LogP contribution in [0, 0.1) is 6.92 Å². The van der Waals surface area contributed by atoms with Gasteiger partial charge < -0.3 is 10.2 Å². The van der Waals surface area contributed by atoms with Crippen LogP contribution in [0.5, 0.6) is 0 Å². The minimum atomic E-state index is -3.88. The molecular weight excluding hydrogens is 649 g/mol. The molecule has 0 aromatic heterocycles. The van der Waals surface area contributed by atoms with E-state index in [-0.39, 0.29) is 24.9 Å². The Morgan fingerprint density at radius 2 is 1.63 bits per heavy atom. The van der Waals surface area contributed by atoms with E-state index in [0.717, 1.165) is 26.2 Å². The van der Waals surface area contributed by atoms with Crippen LogP contribution >= 0.6 is 39.1 Å². The lowest BCUT2D eigenvalue weighted by atomic mass is 10.0. The van der Waals surface area contributed by atoms with E-state index in [0.29, 0.717) is 27.7 Å². The molecule has 0 radical (unpaired) electrons. The molecule has 0 aliphatic heterocycles. The number of anilines is 1. The van der Waals surface area contributed by atoms with Gasteiger partial charge in [0.2, 0.25) is 21.8 Å². The van der Waals surface area contributed by atoms with Gasteiger partial charge in [0.1, 0.15) is 12.6 Å². The molecule has 41 heavy (non-hydrogen) atoms. The molecule has 220 valence electrons.